The fraction of sp³-hybridized carbons (Fsp3) is 0.133. The maximum atomic E-state index is 11.8. The second kappa shape index (κ2) is 6.76. The standard InChI is InChI=1S/C15H13BrOS/c16-13-8-6-12(7-9-13)10-14(17)11-18-15-4-2-1-3-5-15/h1-9H,10-11H2. The molecule has 0 bridgehead atoms. The molecular formula is C15H13BrOS. The molecule has 18 heavy (non-hydrogen) atoms. The summed E-state index contributed by atoms with van der Waals surface area (Å²) in [6, 6.07) is 17.9. The number of halogens is 1. The van der Waals surface area contributed by atoms with Gasteiger partial charge in [-0.15, -0.1) is 11.8 Å². The van der Waals surface area contributed by atoms with Crippen molar-refractivity contribution in [3.8, 4) is 0 Å². The summed E-state index contributed by atoms with van der Waals surface area (Å²) in [5.74, 6) is 0.784. The van der Waals surface area contributed by atoms with Crippen LogP contribution < -0.4 is 0 Å². The number of thioether (sulfide) groups is 1. The number of hydrogen-bond donors (Lipinski definition) is 0. The lowest BCUT2D eigenvalue weighted by molar-refractivity contribution is -0.116. The van der Waals surface area contributed by atoms with E-state index in [1.807, 2.05) is 54.6 Å². The van der Waals surface area contributed by atoms with Crippen molar-refractivity contribution in [2.45, 2.75) is 11.3 Å². The number of benzene rings is 2. The highest BCUT2D eigenvalue weighted by molar-refractivity contribution is 9.10. The Labute approximate surface area is 120 Å². The number of Topliss-reactive ketones (excluding diaryl/α,β-unsaturated/α-hetero) is 1. The van der Waals surface area contributed by atoms with Gasteiger partial charge in [-0.1, -0.05) is 46.3 Å². The Morgan fingerprint density at radius 2 is 1.67 bits per heavy atom. The van der Waals surface area contributed by atoms with Crippen molar-refractivity contribution >= 4 is 33.5 Å². The molecule has 0 aliphatic heterocycles. The number of carbonyl (C=O) groups is 1. The monoisotopic (exact) mass is 320 g/mol. The molecule has 0 radical (unpaired) electrons. The lowest BCUT2D eigenvalue weighted by Gasteiger charge is -2.02. The zero-order valence-electron chi connectivity index (χ0n) is 9.80. The van der Waals surface area contributed by atoms with Crippen molar-refractivity contribution in [2.24, 2.45) is 0 Å². The van der Waals surface area contributed by atoms with Gasteiger partial charge >= 0.3 is 0 Å². The molecule has 2 aromatic carbocycles. The lowest BCUT2D eigenvalue weighted by Crippen LogP contribution is -2.05. The van der Waals surface area contributed by atoms with Gasteiger partial charge in [0.1, 0.15) is 5.78 Å². The molecule has 0 aliphatic carbocycles. The molecule has 0 atom stereocenters. The third-order valence-corrected chi connectivity index (χ3v) is 4.06. The minimum Gasteiger partial charge on any atom is -0.298 e. The molecule has 0 fully saturated rings. The molecule has 0 N–H and O–H groups in total. The van der Waals surface area contributed by atoms with Crippen molar-refractivity contribution in [3.63, 3.8) is 0 Å². The molecule has 0 spiro atoms. The fourth-order valence-electron chi connectivity index (χ4n) is 1.56. The molecule has 0 aromatic heterocycles. The van der Waals surface area contributed by atoms with E-state index in [9.17, 15) is 4.79 Å². The van der Waals surface area contributed by atoms with E-state index in [1.165, 1.54) is 0 Å². The Morgan fingerprint density at radius 3 is 2.33 bits per heavy atom. The van der Waals surface area contributed by atoms with Gasteiger partial charge in [0.2, 0.25) is 0 Å². The smallest absolute Gasteiger partial charge is 0.147 e. The van der Waals surface area contributed by atoms with E-state index < -0.39 is 0 Å². The largest absolute Gasteiger partial charge is 0.298 e. The van der Waals surface area contributed by atoms with Crippen molar-refractivity contribution in [1.29, 1.82) is 0 Å². The molecule has 2 rings (SSSR count). The molecule has 1 nitrogen and oxygen atoms in total. The first-order chi connectivity index (χ1) is 8.74. The topological polar surface area (TPSA) is 17.1 Å². The highest BCUT2D eigenvalue weighted by atomic mass is 79.9. The summed E-state index contributed by atoms with van der Waals surface area (Å²) in [7, 11) is 0. The molecule has 92 valence electrons. The molecule has 0 saturated heterocycles. The van der Waals surface area contributed by atoms with Gasteiger partial charge in [0.25, 0.3) is 0 Å². The van der Waals surface area contributed by atoms with E-state index >= 15 is 0 Å². The highest BCUT2D eigenvalue weighted by Gasteiger charge is 2.04. The van der Waals surface area contributed by atoms with E-state index in [1.54, 1.807) is 11.8 Å². The molecule has 0 saturated carbocycles. The normalized spacial score (nSPS) is 10.3. The summed E-state index contributed by atoms with van der Waals surface area (Å²) in [6.07, 6.45) is 0.507. The van der Waals surface area contributed by atoms with E-state index in [-0.39, 0.29) is 5.78 Å². The van der Waals surface area contributed by atoms with Crippen molar-refractivity contribution in [2.75, 3.05) is 5.75 Å². The minimum absolute atomic E-state index is 0.256. The van der Waals surface area contributed by atoms with Crippen LogP contribution in [0.2, 0.25) is 0 Å². The molecular weight excluding hydrogens is 308 g/mol. The summed E-state index contributed by atoms with van der Waals surface area (Å²) in [5.41, 5.74) is 1.07. The van der Waals surface area contributed by atoms with E-state index in [4.69, 9.17) is 0 Å². The Morgan fingerprint density at radius 1 is 1.00 bits per heavy atom. The Hall–Kier alpha value is -1.06. The van der Waals surface area contributed by atoms with Crippen LogP contribution in [0.3, 0.4) is 0 Å². The van der Waals surface area contributed by atoms with Gasteiger partial charge in [0.15, 0.2) is 0 Å². The number of carbonyl (C=O) groups excluding carboxylic acids is 1. The first-order valence-electron chi connectivity index (χ1n) is 5.68. The van der Waals surface area contributed by atoms with Gasteiger partial charge < -0.3 is 0 Å². The maximum Gasteiger partial charge on any atom is 0.147 e. The van der Waals surface area contributed by atoms with Gasteiger partial charge in [-0.3, -0.25) is 4.79 Å². The minimum atomic E-state index is 0.256. The van der Waals surface area contributed by atoms with Gasteiger partial charge in [0.05, 0.1) is 5.75 Å². The van der Waals surface area contributed by atoms with Crippen LogP contribution in [-0.4, -0.2) is 11.5 Å². The van der Waals surface area contributed by atoms with E-state index in [2.05, 4.69) is 15.9 Å². The summed E-state index contributed by atoms with van der Waals surface area (Å²) < 4.78 is 1.04. The van der Waals surface area contributed by atoms with Gasteiger partial charge in [-0.25, -0.2) is 0 Å². The second-order valence-electron chi connectivity index (χ2n) is 3.94. The first-order valence-corrected chi connectivity index (χ1v) is 7.46. The molecule has 0 aliphatic rings. The predicted molar refractivity (Wildman–Crippen MR) is 80.0 cm³/mol. The van der Waals surface area contributed by atoms with Gasteiger partial charge in [-0.05, 0) is 29.8 Å². The van der Waals surface area contributed by atoms with Crippen LogP contribution in [0, 0.1) is 0 Å². The van der Waals surface area contributed by atoms with Gasteiger partial charge in [-0.2, -0.15) is 0 Å². The molecule has 0 heterocycles. The number of ketones is 1. The second-order valence-corrected chi connectivity index (χ2v) is 5.91. The summed E-state index contributed by atoms with van der Waals surface area (Å²) in [6.45, 7) is 0. The summed E-state index contributed by atoms with van der Waals surface area (Å²) in [5, 5.41) is 0. The van der Waals surface area contributed by atoms with Crippen LogP contribution in [-0.2, 0) is 11.2 Å². The SMILES string of the molecule is O=C(CSc1ccccc1)Cc1ccc(Br)cc1. The molecule has 0 unspecified atom stereocenters. The van der Waals surface area contributed by atoms with Gasteiger partial charge in [0, 0.05) is 15.8 Å². The highest BCUT2D eigenvalue weighted by Crippen LogP contribution is 2.18. The first kappa shape index (κ1) is 13.4. The third kappa shape index (κ3) is 4.31. The van der Waals surface area contributed by atoms with Crippen molar-refractivity contribution in [3.05, 3.63) is 64.6 Å². The van der Waals surface area contributed by atoms with Crippen LogP contribution in [0.15, 0.2) is 64.0 Å². The average Bonchev–Trinajstić information content (AvgIpc) is 2.40. The summed E-state index contributed by atoms with van der Waals surface area (Å²) in [4.78, 5) is 13.0. The molecule has 0 amide bonds. The number of hydrogen-bond acceptors (Lipinski definition) is 2. The Balaban J connectivity index is 1.84. The number of rotatable bonds is 5. The van der Waals surface area contributed by atoms with Crippen molar-refractivity contribution < 1.29 is 4.79 Å². The van der Waals surface area contributed by atoms with E-state index in [0.29, 0.717) is 12.2 Å². The van der Waals surface area contributed by atoms with Crippen LogP contribution in [0.4, 0.5) is 0 Å². The quantitative estimate of drug-likeness (QED) is 0.762. The molecule has 2 aromatic rings. The van der Waals surface area contributed by atoms with Crippen LogP contribution in [0.5, 0.6) is 0 Å². The van der Waals surface area contributed by atoms with Crippen LogP contribution in [0.25, 0.3) is 0 Å². The van der Waals surface area contributed by atoms with Crippen LogP contribution in [0.1, 0.15) is 5.56 Å². The van der Waals surface area contributed by atoms with Crippen LogP contribution >= 0.6 is 27.7 Å². The zero-order chi connectivity index (χ0) is 12.8. The lowest BCUT2D eigenvalue weighted by atomic mass is 10.1. The van der Waals surface area contributed by atoms with Crippen molar-refractivity contribution in [1.82, 2.24) is 0 Å². The zero-order valence-corrected chi connectivity index (χ0v) is 12.2. The average molecular weight is 321 g/mol. The predicted octanol–water partition coefficient (Wildman–Crippen LogP) is 4.35. The summed E-state index contributed by atoms with van der Waals surface area (Å²) >= 11 is 4.98. The third-order valence-electron chi connectivity index (χ3n) is 2.46. The molecule has 3 heteroatoms. The Bertz CT molecular complexity index is 508. The van der Waals surface area contributed by atoms with E-state index in [0.717, 1.165) is 14.9 Å². The Kier molecular flexibility index (Phi) is 5.02. The maximum absolute atomic E-state index is 11.8. The fourth-order valence-corrected chi connectivity index (χ4v) is 2.61.